The van der Waals surface area contributed by atoms with E-state index >= 15 is 0 Å². The second kappa shape index (κ2) is 7.94. The number of hydrogen-bond donors (Lipinski definition) is 1. The van der Waals surface area contributed by atoms with E-state index in [0.717, 1.165) is 18.4 Å². The quantitative estimate of drug-likeness (QED) is 0.781. The number of nitrogens with one attached hydrogen (secondary N) is 1. The lowest BCUT2D eigenvalue weighted by molar-refractivity contribution is -0.128. The highest BCUT2D eigenvalue weighted by molar-refractivity contribution is 6.30. The van der Waals surface area contributed by atoms with Crippen LogP contribution in [-0.2, 0) is 11.2 Å². The zero-order valence-electron chi connectivity index (χ0n) is 11.7. The number of hydrogen-bond acceptors (Lipinski definition) is 4. The fourth-order valence-corrected chi connectivity index (χ4v) is 2.09. The SMILES string of the molecule is CCCc1c(Cl)ncnc1NCC(=O)N(CC)CC. The highest BCUT2D eigenvalue weighted by Gasteiger charge is 2.12. The molecule has 0 bridgehead atoms. The van der Waals surface area contributed by atoms with Gasteiger partial charge in [-0.1, -0.05) is 24.9 Å². The van der Waals surface area contributed by atoms with Crippen molar-refractivity contribution in [2.24, 2.45) is 0 Å². The summed E-state index contributed by atoms with van der Waals surface area (Å²) >= 11 is 6.05. The van der Waals surface area contributed by atoms with Crippen LogP contribution in [0.25, 0.3) is 0 Å². The summed E-state index contributed by atoms with van der Waals surface area (Å²) in [5.41, 5.74) is 0.874. The molecule has 0 aliphatic heterocycles. The normalized spacial score (nSPS) is 10.3. The molecule has 1 rings (SSSR count). The van der Waals surface area contributed by atoms with E-state index in [4.69, 9.17) is 11.6 Å². The first-order chi connectivity index (χ1) is 9.13. The van der Waals surface area contributed by atoms with E-state index in [1.165, 1.54) is 6.33 Å². The zero-order chi connectivity index (χ0) is 14.3. The van der Waals surface area contributed by atoms with Crippen LogP contribution in [0.15, 0.2) is 6.33 Å². The molecule has 0 atom stereocenters. The van der Waals surface area contributed by atoms with Crippen LogP contribution in [0.5, 0.6) is 0 Å². The van der Waals surface area contributed by atoms with Gasteiger partial charge < -0.3 is 10.2 Å². The van der Waals surface area contributed by atoms with Gasteiger partial charge >= 0.3 is 0 Å². The maximum absolute atomic E-state index is 11.9. The van der Waals surface area contributed by atoms with Crippen LogP contribution in [0.4, 0.5) is 5.82 Å². The summed E-state index contributed by atoms with van der Waals surface area (Å²) in [4.78, 5) is 21.8. The Labute approximate surface area is 119 Å². The highest BCUT2D eigenvalue weighted by atomic mass is 35.5. The van der Waals surface area contributed by atoms with E-state index in [-0.39, 0.29) is 12.5 Å². The Morgan fingerprint density at radius 2 is 2.00 bits per heavy atom. The maximum atomic E-state index is 11.9. The molecule has 0 aliphatic carbocycles. The fraction of sp³-hybridized carbons (Fsp3) is 0.615. The van der Waals surface area contributed by atoms with Gasteiger partial charge in [-0.15, -0.1) is 0 Å². The fourth-order valence-electron chi connectivity index (χ4n) is 1.86. The number of nitrogens with zero attached hydrogens (tertiary/aromatic N) is 3. The first kappa shape index (κ1) is 15.7. The van der Waals surface area contributed by atoms with Gasteiger partial charge in [-0.05, 0) is 20.3 Å². The zero-order valence-corrected chi connectivity index (χ0v) is 12.5. The van der Waals surface area contributed by atoms with E-state index in [2.05, 4.69) is 22.2 Å². The molecule has 0 saturated carbocycles. The van der Waals surface area contributed by atoms with Crippen molar-refractivity contribution >= 4 is 23.3 Å². The van der Waals surface area contributed by atoms with Gasteiger partial charge in [-0.2, -0.15) is 0 Å². The molecule has 0 aromatic carbocycles. The lowest BCUT2D eigenvalue weighted by Gasteiger charge is -2.19. The summed E-state index contributed by atoms with van der Waals surface area (Å²) in [6.45, 7) is 7.64. The largest absolute Gasteiger partial charge is 0.361 e. The number of halogens is 1. The third-order valence-corrected chi connectivity index (χ3v) is 3.24. The molecule has 0 aliphatic rings. The number of amides is 1. The first-order valence-corrected chi connectivity index (χ1v) is 7.02. The molecule has 1 aromatic heterocycles. The minimum atomic E-state index is 0.0576. The van der Waals surface area contributed by atoms with Crippen molar-refractivity contribution in [1.29, 1.82) is 0 Å². The minimum absolute atomic E-state index is 0.0576. The van der Waals surface area contributed by atoms with Crippen LogP contribution in [0.1, 0.15) is 32.8 Å². The first-order valence-electron chi connectivity index (χ1n) is 6.64. The molecule has 1 N–H and O–H groups in total. The number of aromatic nitrogens is 2. The molecular formula is C13H21ClN4O. The Balaban J connectivity index is 2.72. The number of likely N-dealkylation sites (N-methyl/N-ethyl adjacent to an activating group) is 1. The minimum Gasteiger partial charge on any atom is -0.361 e. The Kier molecular flexibility index (Phi) is 6.56. The van der Waals surface area contributed by atoms with Crippen LogP contribution in [-0.4, -0.2) is 40.4 Å². The standard InChI is InChI=1S/C13H21ClN4O/c1-4-7-10-12(14)16-9-17-13(10)15-8-11(19)18(5-2)6-3/h9H,4-8H2,1-3H3,(H,15,16,17). The number of anilines is 1. The Morgan fingerprint density at radius 1 is 1.32 bits per heavy atom. The second-order valence-corrected chi connectivity index (χ2v) is 4.52. The van der Waals surface area contributed by atoms with Gasteiger partial charge in [0, 0.05) is 18.7 Å². The molecule has 0 saturated heterocycles. The predicted octanol–water partition coefficient (Wildman–Crippen LogP) is 2.36. The number of rotatable bonds is 7. The molecule has 0 radical (unpaired) electrons. The van der Waals surface area contributed by atoms with Crippen molar-refractivity contribution in [3.63, 3.8) is 0 Å². The molecule has 19 heavy (non-hydrogen) atoms. The van der Waals surface area contributed by atoms with Crippen molar-refractivity contribution in [1.82, 2.24) is 14.9 Å². The molecule has 0 fully saturated rings. The molecule has 0 spiro atoms. The Morgan fingerprint density at radius 3 is 2.58 bits per heavy atom. The molecule has 0 unspecified atom stereocenters. The Hall–Kier alpha value is -1.36. The Bertz CT molecular complexity index is 421. The molecule has 106 valence electrons. The number of carbonyl (C=O) groups is 1. The van der Waals surface area contributed by atoms with Gasteiger partial charge in [0.1, 0.15) is 17.3 Å². The average Bonchev–Trinajstić information content (AvgIpc) is 2.41. The topological polar surface area (TPSA) is 58.1 Å². The van der Waals surface area contributed by atoms with Gasteiger partial charge in [0.05, 0.1) is 6.54 Å². The lowest BCUT2D eigenvalue weighted by Crippen LogP contribution is -2.35. The summed E-state index contributed by atoms with van der Waals surface area (Å²) in [5, 5.41) is 3.51. The van der Waals surface area contributed by atoms with Gasteiger partial charge in [-0.25, -0.2) is 9.97 Å². The van der Waals surface area contributed by atoms with Crippen molar-refractivity contribution in [2.75, 3.05) is 25.0 Å². The summed E-state index contributed by atoms with van der Waals surface area (Å²) in [6, 6.07) is 0. The molecule has 5 nitrogen and oxygen atoms in total. The second-order valence-electron chi connectivity index (χ2n) is 4.16. The van der Waals surface area contributed by atoms with Crippen LogP contribution < -0.4 is 5.32 Å². The molecule has 1 amide bonds. The predicted molar refractivity (Wildman–Crippen MR) is 77.5 cm³/mol. The highest BCUT2D eigenvalue weighted by Crippen LogP contribution is 2.21. The van der Waals surface area contributed by atoms with Crippen molar-refractivity contribution in [3.8, 4) is 0 Å². The van der Waals surface area contributed by atoms with E-state index < -0.39 is 0 Å². The van der Waals surface area contributed by atoms with Crippen LogP contribution in [0, 0.1) is 0 Å². The van der Waals surface area contributed by atoms with Gasteiger partial charge in [-0.3, -0.25) is 4.79 Å². The van der Waals surface area contributed by atoms with Gasteiger partial charge in [0.25, 0.3) is 0 Å². The van der Waals surface area contributed by atoms with Crippen molar-refractivity contribution < 1.29 is 4.79 Å². The van der Waals surface area contributed by atoms with E-state index in [0.29, 0.717) is 24.1 Å². The van der Waals surface area contributed by atoms with Crippen LogP contribution in [0.2, 0.25) is 5.15 Å². The average molecular weight is 285 g/mol. The van der Waals surface area contributed by atoms with Crippen LogP contribution in [0.3, 0.4) is 0 Å². The van der Waals surface area contributed by atoms with E-state index in [1.807, 2.05) is 13.8 Å². The van der Waals surface area contributed by atoms with Gasteiger partial charge in [0.15, 0.2) is 0 Å². The molecule has 1 aromatic rings. The third-order valence-electron chi connectivity index (χ3n) is 2.92. The molecule has 6 heteroatoms. The summed E-state index contributed by atoms with van der Waals surface area (Å²) in [6.07, 6.45) is 3.15. The molecular weight excluding hydrogens is 264 g/mol. The number of carbonyl (C=O) groups excluding carboxylic acids is 1. The third kappa shape index (κ3) is 4.35. The summed E-state index contributed by atoms with van der Waals surface area (Å²) in [5.74, 6) is 0.713. The van der Waals surface area contributed by atoms with E-state index in [1.54, 1.807) is 4.90 Å². The monoisotopic (exact) mass is 284 g/mol. The maximum Gasteiger partial charge on any atom is 0.241 e. The summed E-state index contributed by atoms with van der Waals surface area (Å²) in [7, 11) is 0. The van der Waals surface area contributed by atoms with Crippen molar-refractivity contribution in [3.05, 3.63) is 17.0 Å². The summed E-state index contributed by atoms with van der Waals surface area (Å²) < 4.78 is 0. The van der Waals surface area contributed by atoms with Crippen LogP contribution >= 0.6 is 11.6 Å². The smallest absolute Gasteiger partial charge is 0.241 e. The van der Waals surface area contributed by atoms with Crippen molar-refractivity contribution in [2.45, 2.75) is 33.6 Å². The van der Waals surface area contributed by atoms with E-state index in [9.17, 15) is 4.79 Å². The lowest BCUT2D eigenvalue weighted by atomic mass is 10.2. The van der Waals surface area contributed by atoms with Gasteiger partial charge in [0.2, 0.25) is 5.91 Å². The molecule has 1 heterocycles.